The molecule has 1 rings (SSSR count). The number of nitro groups is 1. The highest BCUT2D eigenvalue weighted by molar-refractivity contribution is 5.99. The van der Waals surface area contributed by atoms with Gasteiger partial charge in [-0.15, -0.1) is 0 Å². The molecule has 1 aromatic carbocycles. The molecule has 0 aliphatic heterocycles. The summed E-state index contributed by atoms with van der Waals surface area (Å²) in [6.45, 7) is 5.39. The number of hydrogen-bond donors (Lipinski definition) is 0. The van der Waals surface area contributed by atoms with E-state index >= 15 is 0 Å². The van der Waals surface area contributed by atoms with Gasteiger partial charge < -0.3 is 14.4 Å². The van der Waals surface area contributed by atoms with Gasteiger partial charge in [0.2, 0.25) is 0 Å². The Morgan fingerprint density at radius 2 is 1.81 bits per heavy atom. The predicted octanol–water partition coefficient (Wildman–Crippen LogP) is 2.04. The van der Waals surface area contributed by atoms with Crippen LogP contribution in [0.1, 0.15) is 41.5 Å². The number of carbonyl (C=O) groups is 3. The number of ether oxygens (including phenoxy) is 2. The van der Waals surface area contributed by atoms with Crippen LogP contribution in [0.2, 0.25) is 0 Å². The van der Waals surface area contributed by atoms with Gasteiger partial charge in [0, 0.05) is 30.8 Å². The number of nitro benzene ring substituents is 1. The van der Waals surface area contributed by atoms with Crippen LogP contribution in [0, 0.1) is 16.0 Å². The first-order valence-corrected chi connectivity index (χ1v) is 8.08. The fourth-order valence-electron chi connectivity index (χ4n) is 2.32. The Balaban J connectivity index is 3.21. The highest BCUT2D eigenvalue weighted by Crippen LogP contribution is 2.20. The van der Waals surface area contributed by atoms with Crippen molar-refractivity contribution in [2.75, 3.05) is 26.8 Å². The van der Waals surface area contributed by atoms with Gasteiger partial charge in [-0.2, -0.15) is 0 Å². The molecule has 0 radical (unpaired) electrons. The lowest BCUT2D eigenvalue weighted by Crippen LogP contribution is -2.37. The third-order valence-electron chi connectivity index (χ3n) is 3.65. The third kappa shape index (κ3) is 5.27. The molecule has 1 atom stereocenters. The van der Waals surface area contributed by atoms with Crippen molar-refractivity contribution >= 4 is 23.5 Å². The maximum atomic E-state index is 12.7. The van der Waals surface area contributed by atoms with Crippen LogP contribution in [0.4, 0.5) is 5.69 Å². The second kappa shape index (κ2) is 9.50. The van der Waals surface area contributed by atoms with Crippen LogP contribution in [0.25, 0.3) is 0 Å². The molecular weight excluding hydrogens is 344 g/mol. The average Bonchev–Trinajstić information content (AvgIpc) is 2.64. The van der Waals surface area contributed by atoms with Gasteiger partial charge in [0.25, 0.3) is 11.6 Å². The van der Waals surface area contributed by atoms with Crippen molar-refractivity contribution in [1.29, 1.82) is 0 Å². The summed E-state index contributed by atoms with van der Waals surface area (Å²) in [6.07, 6.45) is 0. The Labute approximate surface area is 151 Å². The maximum Gasteiger partial charge on any atom is 0.338 e. The molecule has 0 aromatic heterocycles. The van der Waals surface area contributed by atoms with Gasteiger partial charge in [0.1, 0.15) is 0 Å². The number of nitrogens with zero attached hydrogens (tertiary/aromatic N) is 2. The Kier molecular flexibility index (Phi) is 7.70. The molecule has 0 saturated carbocycles. The van der Waals surface area contributed by atoms with E-state index in [1.54, 1.807) is 20.8 Å². The zero-order valence-corrected chi connectivity index (χ0v) is 15.2. The Bertz CT molecular complexity index is 702. The van der Waals surface area contributed by atoms with E-state index in [1.165, 1.54) is 18.1 Å². The number of carbonyl (C=O) groups excluding carboxylic acids is 3. The largest absolute Gasteiger partial charge is 0.469 e. The molecule has 0 unspecified atom stereocenters. The van der Waals surface area contributed by atoms with Crippen LogP contribution in [0.3, 0.4) is 0 Å². The van der Waals surface area contributed by atoms with Gasteiger partial charge in [0.15, 0.2) is 0 Å². The van der Waals surface area contributed by atoms with Crippen LogP contribution in [-0.4, -0.2) is 54.5 Å². The van der Waals surface area contributed by atoms with Crippen molar-refractivity contribution in [3.05, 3.63) is 39.4 Å². The molecule has 0 spiro atoms. The summed E-state index contributed by atoms with van der Waals surface area (Å²) in [6, 6.07) is 3.40. The highest BCUT2D eigenvalue weighted by atomic mass is 16.6. The van der Waals surface area contributed by atoms with E-state index in [2.05, 4.69) is 4.74 Å². The molecule has 0 aliphatic rings. The van der Waals surface area contributed by atoms with Crippen LogP contribution >= 0.6 is 0 Å². The van der Waals surface area contributed by atoms with E-state index in [0.29, 0.717) is 0 Å². The van der Waals surface area contributed by atoms with E-state index in [9.17, 15) is 24.5 Å². The second-order valence-corrected chi connectivity index (χ2v) is 5.51. The summed E-state index contributed by atoms with van der Waals surface area (Å²) in [7, 11) is 1.25. The molecule has 9 nitrogen and oxygen atoms in total. The van der Waals surface area contributed by atoms with Crippen LogP contribution in [-0.2, 0) is 14.3 Å². The molecule has 1 aromatic rings. The van der Waals surface area contributed by atoms with Crippen molar-refractivity contribution in [2.45, 2.75) is 20.8 Å². The smallest absolute Gasteiger partial charge is 0.338 e. The minimum atomic E-state index is -0.753. The maximum absolute atomic E-state index is 12.7. The molecule has 0 saturated heterocycles. The zero-order valence-electron chi connectivity index (χ0n) is 15.2. The summed E-state index contributed by atoms with van der Waals surface area (Å²) in [5, 5.41) is 11.1. The molecule has 9 heteroatoms. The van der Waals surface area contributed by atoms with Crippen molar-refractivity contribution < 1.29 is 28.8 Å². The fraction of sp³-hybridized carbons (Fsp3) is 0.471. The number of amides is 1. The minimum absolute atomic E-state index is 0.0267. The zero-order chi connectivity index (χ0) is 19.9. The first-order chi connectivity index (χ1) is 12.2. The molecular formula is C17H22N2O7. The lowest BCUT2D eigenvalue weighted by Gasteiger charge is -2.23. The summed E-state index contributed by atoms with van der Waals surface area (Å²) >= 11 is 0. The van der Waals surface area contributed by atoms with E-state index in [0.717, 1.165) is 12.1 Å². The number of methoxy groups -OCH3 is 1. The average molecular weight is 366 g/mol. The van der Waals surface area contributed by atoms with Gasteiger partial charge in [-0.3, -0.25) is 19.7 Å². The molecule has 26 heavy (non-hydrogen) atoms. The number of benzene rings is 1. The van der Waals surface area contributed by atoms with E-state index in [1.807, 2.05) is 0 Å². The SMILES string of the molecule is CCOC(=O)c1cc(C(=O)N(CC)C[C@@H](C)C(=O)OC)cc([N+](=O)[O-])c1. The highest BCUT2D eigenvalue weighted by Gasteiger charge is 2.24. The van der Waals surface area contributed by atoms with Gasteiger partial charge in [-0.1, -0.05) is 6.92 Å². The summed E-state index contributed by atoms with van der Waals surface area (Å²) < 4.78 is 9.49. The van der Waals surface area contributed by atoms with E-state index in [4.69, 9.17) is 4.74 Å². The molecule has 142 valence electrons. The molecule has 1 amide bonds. The molecule has 0 heterocycles. The number of non-ortho nitro benzene ring substituents is 1. The Morgan fingerprint density at radius 1 is 1.19 bits per heavy atom. The first kappa shape index (κ1) is 21.1. The lowest BCUT2D eigenvalue weighted by molar-refractivity contribution is -0.384. The van der Waals surface area contributed by atoms with Crippen molar-refractivity contribution in [3.63, 3.8) is 0 Å². The molecule has 0 aliphatic carbocycles. The summed E-state index contributed by atoms with van der Waals surface area (Å²) in [4.78, 5) is 48.0. The summed E-state index contributed by atoms with van der Waals surface area (Å²) in [5.74, 6) is -2.32. The minimum Gasteiger partial charge on any atom is -0.469 e. The van der Waals surface area contributed by atoms with Gasteiger partial charge in [0.05, 0.1) is 30.1 Å². The predicted molar refractivity (Wildman–Crippen MR) is 91.8 cm³/mol. The molecule has 0 N–H and O–H groups in total. The number of esters is 2. The molecule has 0 fully saturated rings. The second-order valence-electron chi connectivity index (χ2n) is 5.51. The third-order valence-corrected chi connectivity index (χ3v) is 3.65. The lowest BCUT2D eigenvalue weighted by atomic mass is 10.1. The van der Waals surface area contributed by atoms with Crippen molar-refractivity contribution in [2.24, 2.45) is 5.92 Å². The van der Waals surface area contributed by atoms with E-state index < -0.39 is 34.4 Å². The quantitative estimate of drug-likeness (QED) is 0.393. The summed E-state index contributed by atoms with van der Waals surface area (Å²) in [5.41, 5.74) is -0.501. The monoisotopic (exact) mass is 366 g/mol. The Morgan fingerprint density at radius 3 is 2.31 bits per heavy atom. The van der Waals surface area contributed by atoms with Gasteiger partial charge in [-0.25, -0.2) is 4.79 Å². The first-order valence-electron chi connectivity index (χ1n) is 8.08. The van der Waals surface area contributed by atoms with Gasteiger partial charge >= 0.3 is 11.9 Å². The Hall–Kier alpha value is -2.97. The standard InChI is InChI=1S/C17H22N2O7/c1-5-18(10-11(3)16(21)25-4)15(20)12-7-13(17(22)26-6-2)9-14(8-12)19(23)24/h7-9,11H,5-6,10H2,1-4H3/t11-/m1/s1. The van der Waals surface area contributed by atoms with E-state index in [-0.39, 0.29) is 30.8 Å². The van der Waals surface area contributed by atoms with Crippen LogP contribution < -0.4 is 0 Å². The van der Waals surface area contributed by atoms with Crippen molar-refractivity contribution in [3.8, 4) is 0 Å². The van der Waals surface area contributed by atoms with Crippen LogP contribution in [0.15, 0.2) is 18.2 Å². The number of hydrogen-bond acceptors (Lipinski definition) is 7. The van der Waals surface area contributed by atoms with Gasteiger partial charge in [-0.05, 0) is 19.9 Å². The van der Waals surface area contributed by atoms with Crippen molar-refractivity contribution in [1.82, 2.24) is 4.90 Å². The fourth-order valence-corrected chi connectivity index (χ4v) is 2.32. The van der Waals surface area contributed by atoms with Crippen LogP contribution in [0.5, 0.6) is 0 Å². The molecule has 0 bridgehead atoms. The normalized spacial score (nSPS) is 11.4. The number of rotatable bonds is 8. The topological polar surface area (TPSA) is 116 Å².